The first-order valence-corrected chi connectivity index (χ1v) is 24.6. The lowest BCUT2D eigenvalue weighted by Crippen LogP contribution is -2.52. The molecule has 24 nitrogen and oxygen atoms in total. The quantitative estimate of drug-likeness (QED) is 0.0432. The molecule has 3 unspecified atom stereocenters. The van der Waals surface area contributed by atoms with Crippen molar-refractivity contribution in [1.82, 2.24) is 54.7 Å². The number of unbranched alkanes of at least 4 members (excludes halogenated alkanes) is 1. The third-order valence-corrected chi connectivity index (χ3v) is 12.7. The first-order valence-electron chi connectivity index (χ1n) is 24.6. The number of halogens is 3. The molecule has 5 rings (SSSR count). The minimum absolute atomic E-state index is 0.0591. The van der Waals surface area contributed by atoms with Crippen molar-refractivity contribution in [2.24, 2.45) is 29.0 Å². The monoisotopic (exact) mass is 1020 g/mol. The van der Waals surface area contributed by atoms with Gasteiger partial charge >= 0.3 is 12.1 Å². The van der Waals surface area contributed by atoms with Gasteiger partial charge in [-0.3, -0.25) is 9.59 Å². The highest BCUT2D eigenvalue weighted by molar-refractivity contribution is 5.81. The zero-order valence-corrected chi connectivity index (χ0v) is 41.8. The lowest BCUT2D eigenvalue weighted by molar-refractivity contribution is -0.200. The standard InChI is InChI=1S/C45H72F3N17O7/c1-6-22-69-24-26-71-27-25-70-23-13-52-42-53-43(62-18-14-60(15-19-62)39(66)36(11-9-10-12-49)64-29-35(57-58-64)37(51)31(4)7-2)55-44(54-42)63-20-16-61(17-21-63)40(67)38(32(5)8-3)65-28-34(56-59-65)33(50)30-72-41(68)45(46,47)48/h1,28-29,31-33,36-38H,7-27,30,49-51H2,2-5H3,(H,52,53,54,55)/t31-,32+,33?,36+,37?,38?/m1/s1. The van der Waals surface area contributed by atoms with E-state index < -0.39 is 36.9 Å². The lowest BCUT2D eigenvalue weighted by Gasteiger charge is -2.38. The Morgan fingerprint density at radius 2 is 1.32 bits per heavy atom. The molecule has 0 saturated carbocycles. The van der Waals surface area contributed by atoms with E-state index in [1.54, 1.807) is 15.8 Å². The third-order valence-electron chi connectivity index (χ3n) is 12.7. The van der Waals surface area contributed by atoms with Gasteiger partial charge in [-0.25, -0.2) is 14.2 Å². The van der Waals surface area contributed by atoms with Crippen LogP contribution in [0.1, 0.15) is 95.4 Å². The molecule has 27 heteroatoms. The summed E-state index contributed by atoms with van der Waals surface area (Å²) in [6, 6.07) is -2.88. The van der Waals surface area contributed by atoms with Crippen molar-refractivity contribution in [2.45, 2.75) is 90.1 Å². The predicted molar refractivity (Wildman–Crippen MR) is 258 cm³/mol. The predicted octanol–water partition coefficient (Wildman–Crippen LogP) is 1.26. The maximum absolute atomic E-state index is 14.2. The summed E-state index contributed by atoms with van der Waals surface area (Å²) in [5.74, 6) is 0.848. The number of nitrogens with two attached hydrogens (primary N) is 3. The first kappa shape index (κ1) is 57.1. The fourth-order valence-corrected chi connectivity index (χ4v) is 7.93. The van der Waals surface area contributed by atoms with Crippen LogP contribution >= 0.6 is 0 Å². The number of rotatable bonds is 29. The molecular weight excluding hydrogens is 948 g/mol. The van der Waals surface area contributed by atoms with Crippen LogP contribution in [0.3, 0.4) is 0 Å². The number of aromatic nitrogens is 9. The molecule has 72 heavy (non-hydrogen) atoms. The summed E-state index contributed by atoms with van der Waals surface area (Å²) in [5, 5.41) is 20.1. The number of hydrogen-bond donors (Lipinski definition) is 4. The second-order valence-electron chi connectivity index (χ2n) is 17.8. The van der Waals surface area contributed by atoms with E-state index in [2.05, 4.69) is 50.4 Å². The van der Waals surface area contributed by atoms with Crippen molar-refractivity contribution >= 4 is 35.6 Å². The molecule has 2 aliphatic rings. The van der Waals surface area contributed by atoms with Crippen molar-refractivity contribution in [3.63, 3.8) is 0 Å². The van der Waals surface area contributed by atoms with Gasteiger partial charge in [0.05, 0.1) is 63.2 Å². The average molecular weight is 1020 g/mol. The molecule has 3 aromatic heterocycles. The van der Waals surface area contributed by atoms with Gasteiger partial charge in [0, 0.05) is 58.9 Å². The summed E-state index contributed by atoms with van der Waals surface area (Å²) < 4.78 is 61.9. The molecule has 2 aliphatic heterocycles. The van der Waals surface area contributed by atoms with Gasteiger partial charge in [0.1, 0.15) is 31.0 Å². The fraction of sp³-hybridized carbons (Fsp3) is 0.733. The molecule has 7 N–H and O–H groups in total. The van der Waals surface area contributed by atoms with E-state index in [9.17, 15) is 27.6 Å². The number of nitrogens with zero attached hydrogens (tertiary/aromatic N) is 13. The Morgan fingerprint density at radius 3 is 1.90 bits per heavy atom. The van der Waals surface area contributed by atoms with Crippen LogP contribution in [0.4, 0.5) is 31.0 Å². The van der Waals surface area contributed by atoms with Crippen molar-refractivity contribution in [3.05, 3.63) is 23.8 Å². The molecule has 2 saturated heterocycles. The largest absolute Gasteiger partial charge is 0.490 e. The number of alkyl halides is 3. The van der Waals surface area contributed by atoms with Crippen molar-refractivity contribution in [3.8, 4) is 12.3 Å². The number of amides is 2. The van der Waals surface area contributed by atoms with Crippen LogP contribution in [0.5, 0.6) is 0 Å². The van der Waals surface area contributed by atoms with Gasteiger partial charge in [-0.15, -0.1) is 16.6 Å². The van der Waals surface area contributed by atoms with Crippen LogP contribution in [0, 0.1) is 24.2 Å². The van der Waals surface area contributed by atoms with Gasteiger partial charge < -0.3 is 61.1 Å². The zero-order valence-electron chi connectivity index (χ0n) is 41.8. The van der Waals surface area contributed by atoms with Gasteiger partial charge in [0.25, 0.3) is 0 Å². The van der Waals surface area contributed by atoms with Gasteiger partial charge in [-0.1, -0.05) is 56.9 Å². The molecule has 0 spiro atoms. The van der Waals surface area contributed by atoms with Crippen LogP contribution in [-0.2, 0) is 33.3 Å². The zero-order chi connectivity index (χ0) is 52.2. The number of carbonyl (C=O) groups is 3. The summed E-state index contributed by atoms with van der Waals surface area (Å²) in [5.41, 5.74) is 19.0. The van der Waals surface area contributed by atoms with Crippen LogP contribution in [0.25, 0.3) is 0 Å². The maximum atomic E-state index is 14.2. The van der Waals surface area contributed by atoms with E-state index in [1.807, 2.05) is 28.5 Å². The Bertz CT molecular complexity index is 2180. The van der Waals surface area contributed by atoms with Gasteiger partial charge in [-0.2, -0.15) is 28.1 Å². The number of anilines is 3. The van der Waals surface area contributed by atoms with Crippen molar-refractivity contribution in [2.75, 3.05) is 127 Å². The maximum Gasteiger partial charge on any atom is 0.490 e. The molecular formula is C45H72F3N17O7. The Morgan fingerprint density at radius 1 is 0.764 bits per heavy atom. The number of piperazine rings is 2. The molecule has 2 fully saturated rings. The van der Waals surface area contributed by atoms with E-state index in [0.717, 1.165) is 19.3 Å². The van der Waals surface area contributed by atoms with Gasteiger partial charge in [0.2, 0.25) is 29.7 Å². The van der Waals surface area contributed by atoms with Crippen molar-refractivity contribution < 1.29 is 46.5 Å². The van der Waals surface area contributed by atoms with Crippen LogP contribution in [-0.4, -0.2) is 190 Å². The average Bonchev–Trinajstić information content (AvgIpc) is 4.09. The summed E-state index contributed by atoms with van der Waals surface area (Å²) in [7, 11) is 0. The molecule has 0 radical (unpaired) electrons. The first-order chi connectivity index (χ1) is 34.6. The summed E-state index contributed by atoms with van der Waals surface area (Å²) in [6.07, 6.45) is 6.74. The van der Waals surface area contributed by atoms with Crippen LogP contribution in [0.2, 0.25) is 0 Å². The normalized spacial score (nSPS) is 17.0. The highest BCUT2D eigenvalue weighted by Crippen LogP contribution is 2.28. The molecule has 0 aliphatic carbocycles. The highest BCUT2D eigenvalue weighted by atomic mass is 19.4. The summed E-state index contributed by atoms with van der Waals surface area (Å²) in [4.78, 5) is 61.7. The number of carbonyl (C=O) groups excluding carboxylic acids is 3. The van der Waals surface area contributed by atoms with E-state index in [-0.39, 0.29) is 42.0 Å². The molecule has 400 valence electrons. The molecule has 0 bridgehead atoms. The Kier molecular flexibility index (Phi) is 22.6. The van der Waals surface area contributed by atoms with Crippen LogP contribution < -0.4 is 32.3 Å². The second kappa shape index (κ2) is 28.5. The minimum Gasteiger partial charge on any atom is -0.457 e. The smallest absolute Gasteiger partial charge is 0.457 e. The van der Waals surface area contributed by atoms with Gasteiger partial charge in [0.15, 0.2) is 0 Å². The van der Waals surface area contributed by atoms with E-state index in [1.165, 1.54) is 10.9 Å². The lowest BCUT2D eigenvalue weighted by atomic mass is 9.97. The van der Waals surface area contributed by atoms with Crippen molar-refractivity contribution in [1.29, 1.82) is 0 Å². The van der Waals surface area contributed by atoms with E-state index in [4.69, 9.17) is 52.8 Å². The third kappa shape index (κ3) is 16.4. The number of hydrogen-bond acceptors (Lipinski definition) is 20. The fourth-order valence-electron chi connectivity index (χ4n) is 7.93. The topological polar surface area (TPSA) is 291 Å². The van der Waals surface area contributed by atoms with E-state index >= 15 is 0 Å². The Labute approximate surface area is 418 Å². The number of nitrogens with one attached hydrogen (secondary N) is 1. The van der Waals surface area contributed by atoms with Crippen LogP contribution in [0.15, 0.2) is 12.4 Å². The molecule has 3 aromatic rings. The number of terminal acetylenes is 1. The SMILES string of the molecule is C#CCOCCOCCOCCNc1nc(N2CCN(C(=O)C([C@@H](C)CC)n3cc(C(N)COC(=O)C(F)(F)F)nn3)CC2)nc(N2CCN(C(=O)[C@H](CCCCN)n3cc(C(N)[C@H](C)CC)nn3)CC2)n1. The Balaban J connectivity index is 1.26. The highest BCUT2D eigenvalue weighted by Gasteiger charge is 2.41. The summed E-state index contributed by atoms with van der Waals surface area (Å²) in [6.45, 7) is 13.2. The molecule has 6 atom stereocenters. The molecule has 2 amide bonds. The second-order valence-corrected chi connectivity index (χ2v) is 17.8. The van der Waals surface area contributed by atoms with E-state index in [0.29, 0.717) is 135 Å². The number of esters is 1. The molecule has 0 aromatic carbocycles. The number of ether oxygens (including phenoxy) is 4. The molecule has 5 heterocycles. The minimum atomic E-state index is -5.17. The van der Waals surface area contributed by atoms with Gasteiger partial charge in [-0.05, 0) is 37.6 Å². The Hall–Kier alpha value is -5.79. The summed E-state index contributed by atoms with van der Waals surface area (Å²) >= 11 is 0.